The number of carbonyl (C=O) groups is 5. The molecule has 0 spiro atoms. The highest BCUT2D eigenvalue weighted by Crippen LogP contribution is 2.31. The number of carbonyl (C=O) groups excluding carboxylic acids is 4. The van der Waals surface area contributed by atoms with Crippen LogP contribution < -0.4 is 10.6 Å². The number of benzene rings is 1. The van der Waals surface area contributed by atoms with Crippen LogP contribution in [-0.4, -0.2) is 98.9 Å². The van der Waals surface area contributed by atoms with Crippen LogP contribution in [-0.2, 0) is 37.4 Å². The van der Waals surface area contributed by atoms with Crippen molar-refractivity contribution in [3.8, 4) is 0 Å². The second kappa shape index (κ2) is 18.8. The fourth-order valence-corrected chi connectivity index (χ4v) is 8.26. The average molecular weight is 767 g/mol. The number of fused-ring (bicyclic) bond motifs is 1. The van der Waals surface area contributed by atoms with E-state index in [1.807, 2.05) is 81.7 Å². The quantitative estimate of drug-likeness (QED) is 0.157. The summed E-state index contributed by atoms with van der Waals surface area (Å²) in [7, 11) is 5.59. The first kappa shape index (κ1) is 42.4. The number of rotatable bonds is 17. The monoisotopic (exact) mass is 766 g/mol. The van der Waals surface area contributed by atoms with Crippen LogP contribution in [0.4, 0.5) is 0 Å². The smallest absolute Gasteiger partial charge is 0.306 e. The van der Waals surface area contributed by atoms with Gasteiger partial charge in [-0.25, -0.2) is 4.98 Å². The molecule has 14 heteroatoms. The SMILES string of the molecule is CC(=O)O[C@H](C[C@H](C(C)C)N(C)C(=O)[C@@H](NC(=O)[C@H]1CCCCN1C)C(C)C)c1nc(C(=O)N[C@@H](Cc2cn(C)c3ccccc23)C[C@H](C)C(=O)O)cs1. The zero-order valence-corrected chi connectivity index (χ0v) is 33.9. The van der Waals surface area contributed by atoms with Crippen molar-refractivity contribution in [2.45, 2.75) is 110 Å². The number of hydrogen-bond donors (Lipinski definition) is 3. The van der Waals surface area contributed by atoms with E-state index in [0.29, 0.717) is 11.4 Å². The van der Waals surface area contributed by atoms with Gasteiger partial charge in [0.05, 0.1) is 12.0 Å². The first-order valence-corrected chi connectivity index (χ1v) is 19.8. The molecule has 1 fully saturated rings. The molecule has 0 saturated carbocycles. The van der Waals surface area contributed by atoms with Crippen molar-refractivity contribution in [1.82, 2.24) is 30.0 Å². The number of amides is 3. The van der Waals surface area contributed by atoms with Crippen molar-refractivity contribution in [2.75, 3.05) is 20.6 Å². The highest BCUT2D eigenvalue weighted by atomic mass is 32.1. The van der Waals surface area contributed by atoms with Gasteiger partial charge in [0.2, 0.25) is 11.8 Å². The van der Waals surface area contributed by atoms with Gasteiger partial charge in [-0.3, -0.25) is 28.9 Å². The van der Waals surface area contributed by atoms with Crippen LogP contribution in [0.2, 0.25) is 0 Å². The minimum absolute atomic E-state index is 0.0567. The van der Waals surface area contributed by atoms with Crippen molar-refractivity contribution >= 4 is 51.9 Å². The Kier molecular flexibility index (Phi) is 14.8. The average Bonchev–Trinajstić information content (AvgIpc) is 3.73. The van der Waals surface area contributed by atoms with Crippen LogP contribution in [0.5, 0.6) is 0 Å². The van der Waals surface area contributed by atoms with E-state index >= 15 is 0 Å². The summed E-state index contributed by atoms with van der Waals surface area (Å²) < 4.78 is 7.79. The van der Waals surface area contributed by atoms with E-state index in [0.717, 1.165) is 42.3 Å². The Labute approximate surface area is 322 Å². The van der Waals surface area contributed by atoms with Gasteiger partial charge >= 0.3 is 11.9 Å². The summed E-state index contributed by atoms with van der Waals surface area (Å²) in [5, 5.41) is 18.8. The van der Waals surface area contributed by atoms with Crippen molar-refractivity contribution in [1.29, 1.82) is 0 Å². The van der Waals surface area contributed by atoms with Crippen molar-refractivity contribution in [3.63, 3.8) is 0 Å². The molecule has 296 valence electrons. The van der Waals surface area contributed by atoms with Crippen molar-refractivity contribution in [2.24, 2.45) is 24.8 Å². The third-order valence-electron chi connectivity index (χ3n) is 10.6. The van der Waals surface area contributed by atoms with Gasteiger partial charge in [-0.05, 0) is 62.7 Å². The molecule has 4 rings (SSSR count). The van der Waals surface area contributed by atoms with E-state index < -0.39 is 48.0 Å². The normalized spacial score (nSPS) is 17.8. The van der Waals surface area contributed by atoms with Crippen molar-refractivity contribution in [3.05, 3.63) is 52.1 Å². The van der Waals surface area contributed by atoms with Gasteiger partial charge in [-0.1, -0.05) is 59.2 Å². The van der Waals surface area contributed by atoms with Crippen LogP contribution in [0.3, 0.4) is 0 Å². The highest BCUT2D eigenvalue weighted by molar-refractivity contribution is 7.09. The number of piperidine rings is 1. The molecular weight excluding hydrogens is 709 g/mol. The number of nitrogens with zero attached hydrogens (tertiary/aromatic N) is 4. The lowest BCUT2D eigenvalue weighted by molar-refractivity contribution is -0.149. The van der Waals surface area contributed by atoms with Gasteiger partial charge in [0.15, 0.2) is 6.10 Å². The number of thiazole rings is 1. The zero-order chi connectivity index (χ0) is 39.9. The lowest BCUT2D eigenvalue weighted by atomic mass is 9.94. The number of aryl methyl sites for hydroxylation is 1. The number of esters is 1. The Morgan fingerprint density at radius 1 is 1.02 bits per heavy atom. The Bertz CT molecular complexity index is 1790. The number of nitrogens with one attached hydrogen (secondary N) is 2. The number of carboxylic acids is 1. The molecule has 13 nitrogen and oxygen atoms in total. The van der Waals surface area contributed by atoms with Crippen LogP contribution in [0, 0.1) is 17.8 Å². The second-order valence-corrected chi connectivity index (χ2v) is 16.4. The third kappa shape index (κ3) is 10.7. The standard InChI is InChI=1S/C40H58N6O7S/c1-23(2)33(46(9)39(50)35(24(3)4)43-37(49)32-16-12-13-17-44(32)7)20-34(53-26(6)47)38-42-30(22-54-38)36(48)41-28(18-25(5)40(51)52)19-27-21-45(8)31-15-11-10-14-29(27)31/h10-11,14-15,21-25,28,32-35H,12-13,16-20H2,1-9H3,(H,41,48)(H,43,49)(H,51,52)/t25-,28+,32+,33+,34+,35-/m0/s1. The number of hydrogen-bond acceptors (Lipinski definition) is 9. The van der Waals surface area contributed by atoms with Crippen LogP contribution in [0.15, 0.2) is 35.8 Å². The molecule has 6 atom stereocenters. The Balaban J connectivity index is 1.52. The number of carboxylic acid groups (broad SMARTS) is 1. The van der Waals surface area contributed by atoms with E-state index in [-0.39, 0.29) is 48.2 Å². The molecule has 3 N–H and O–H groups in total. The van der Waals surface area contributed by atoms with Crippen LogP contribution in [0.1, 0.15) is 101 Å². The van der Waals surface area contributed by atoms with Gasteiger partial charge in [0.1, 0.15) is 16.7 Å². The first-order chi connectivity index (χ1) is 25.5. The molecule has 1 aromatic carbocycles. The molecule has 1 aliphatic heterocycles. The first-order valence-electron chi connectivity index (χ1n) is 18.9. The van der Waals surface area contributed by atoms with Gasteiger partial charge in [0, 0.05) is 62.0 Å². The molecule has 3 heterocycles. The number of aliphatic carboxylic acids is 1. The number of ether oxygens (including phenoxy) is 1. The molecule has 2 aromatic heterocycles. The molecule has 0 unspecified atom stereocenters. The third-order valence-corrected chi connectivity index (χ3v) is 11.5. The number of likely N-dealkylation sites (tertiary alicyclic amines) is 1. The molecule has 0 radical (unpaired) electrons. The fraction of sp³-hybridized carbons (Fsp3) is 0.600. The summed E-state index contributed by atoms with van der Waals surface area (Å²) in [5.74, 6) is -3.25. The summed E-state index contributed by atoms with van der Waals surface area (Å²) >= 11 is 1.18. The zero-order valence-electron chi connectivity index (χ0n) is 33.1. The highest BCUT2D eigenvalue weighted by Gasteiger charge is 2.37. The molecule has 3 aromatic rings. The minimum Gasteiger partial charge on any atom is -0.481 e. The van der Waals surface area contributed by atoms with Gasteiger partial charge in [-0.2, -0.15) is 0 Å². The summed E-state index contributed by atoms with van der Waals surface area (Å²) in [6, 6.07) is 6.01. The second-order valence-electron chi connectivity index (χ2n) is 15.5. The number of para-hydroxylation sites is 1. The van der Waals surface area contributed by atoms with Crippen molar-refractivity contribution < 1.29 is 33.8 Å². The predicted molar refractivity (Wildman–Crippen MR) is 209 cm³/mol. The van der Waals surface area contributed by atoms with E-state index in [1.165, 1.54) is 18.3 Å². The largest absolute Gasteiger partial charge is 0.481 e. The fourth-order valence-electron chi connectivity index (χ4n) is 7.42. The molecule has 1 saturated heterocycles. The van der Waals surface area contributed by atoms with E-state index in [2.05, 4.69) is 15.6 Å². The van der Waals surface area contributed by atoms with Crippen LogP contribution >= 0.6 is 11.3 Å². The minimum atomic E-state index is -0.950. The summed E-state index contributed by atoms with van der Waals surface area (Å²) in [5.41, 5.74) is 2.15. The van der Waals surface area contributed by atoms with E-state index in [9.17, 15) is 29.1 Å². The van der Waals surface area contributed by atoms with Crippen LogP contribution in [0.25, 0.3) is 10.9 Å². The molecular formula is C40H58N6O7S. The molecule has 0 aliphatic carbocycles. The molecule has 1 aliphatic rings. The van der Waals surface area contributed by atoms with Gasteiger partial charge in [-0.15, -0.1) is 11.3 Å². The molecule has 54 heavy (non-hydrogen) atoms. The lowest BCUT2D eigenvalue weighted by Gasteiger charge is -2.37. The topological polar surface area (TPSA) is 163 Å². The Morgan fingerprint density at radius 3 is 2.35 bits per heavy atom. The Hall–Kier alpha value is -4.30. The maximum absolute atomic E-state index is 14.1. The maximum atomic E-state index is 14.1. The maximum Gasteiger partial charge on any atom is 0.306 e. The van der Waals surface area contributed by atoms with Gasteiger partial charge in [0.25, 0.3) is 5.91 Å². The Morgan fingerprint density at radius 2 is 1.72 bits per heavy atom. The summed E-state index contributed by atoms with van der Waals surface area (Å²) in [6.45, 7) is 11.5. The summed E-state index contributed by atoms with van der Waals surface area (Å²) in [4.78, 5) is 73.6. The number of aromatic nitrogens is 2. The predicted octanol–water partition coefficient (Wildman–Crippen LogP) is 5.19. The summed E-state index contributed by atoms with van der Waals surface area (Å²) in [6.07, 6.45) is 4.75. The lowest BCUT2D eigenvalue weighted by Crippen LogP contribution is -2.57. The molecule has 3 amide bonds. The molecule has 0 bridgehead atoms. The number of likely N-dealkylation sites (N-methyl/N-ethyl adjacent to an activating group) is 2. The van der Waals surface area contributed by atoms with E-state index in [4.69, 9.17) is 4.74 Å². The van der Waals surface area contributed by atoms with E-state index in [1.54, 1.807) is 24.3 Å². The van der Waals surface area contributed by atoms with Gasteiger partial charge < -0.3 is 29.9 Å².